The van der Waals surface area contributed by atoms with Gasteiger partial charge in [-0.1, -0.05) is 0 Å². The summed E-state index contributed by atoms with van der Waals surface area (Å²) in [5.74, 6) is 1.93. The largest absolute Gasteiger partial charge is 0.385 e. The molecular formula is C14H28IN5O. The summed E-state index contributed by atoms with van der Waals surface area (Å²) in [6.45, 7) is 8.37. The van der Waals surface area contributed by atoms with E-state index < -0.39 is 0 Å². The van der Waals surface area contributed by atoms with Gasteiger partial charge in [0.2, 0.25) is 0 Å². The predicted octanol–water partition coefficient (Wildman–Crippen LogP) is 1.79. The summed E-state index contributed by atoms with van der Waals surface area (Å²) in [6, 6.07) is 0. The van der Waals surface area contributed by atoms with Crippen molar-refractivity contribution in [3.8, 4) is 0 Å². The normalized spacial score (nSPS) is 11.1. The maximum atomic E-state index is 5.03. The second-order valence-electron chi connectivity index (χ2n) is 4.56. The first-order valence-corrected chi connectivity index (χ1v) is 7.26. The molecule has 0 spiro atoms. The SMILES string of the molecule is CCNC(=NCCCn1ccnc1C)NCCCOC.I. The zero-order valence-corrected chi connectivity index (χ0v) is 15.6. The molecule has 2 N–H and O–H groups in total. The van der Waals surface area contributed by atoms with Crippen LogP contribution in [0.2, 0.25) is 0 Å². The highest BCUT2D eigenvalue weighted by Crippen LogP contribution is 1.97. The Balaban J connectivity index is 0.00000400. The zero-order chi connectivity index (χ0) is 14.6. The summed E-state index contributed by atoms with van der Waals surface area (Å²) in [4.78, 5) is 8.77. The predicted molar refractivity (Wildman–Crippen MR) is 97.5 cm³/mol. The topological polar surface area (TPSA) is 63.5 Å². The maximum absolute atomic E-state index is 5.03. The smallest absolute Gasteiger partial charge is 0.191 e. The molecule has 0 aliphatic heterocycles. The molecule has 0 atom stereocenters. The van der Waals surface area contributed by atoms with E-state index in [1.54, 1.807) is 7.11 Å². The number of ether oxygens (including phenoxy) is 1. The molecule has 0 aromatic carbocycles. The standard InChI is InChI=1S/C14H27N5O.HI/c1-4-15-14(18-8-6-12-20-3)17-7-5-10-19-11-9-16-13(19)2;/h9,11H,4-8,10,12H2,1-3H3,(H2,15,17,18);1H. The van der Waals surface area contributed by atoms with Crippen LogP contribution >= 0.6 is 24.0 Å². The van der Waals surface area contributed by atoms with Crippen molar-refractivity contribution in [3.05, 3.63) is 18.2 Å². The summed E-state index contributed by atoms with van der Waals surface area (Å²) in [5, 5.41) is 6.54. The third-order valence-corrected chi connectivity index (χ3v) is 2.91. The number of methoxy groups -OCH3 is 1. The van der Waals surface area contributed by atoms with Gasteiger partial charge in [0.25, 0.3) is 0 Å². The van der Waals surface area contributed by atoms with Crippen molar-refractivity contribution in [1.29, 1.82) is 0 Å². The van der Waals surface area contributed by atoms with Gasteiger partial charge in [0.1, 0.15) is 5.82 Å². The van der Waals surface area contributed by atoms with Gasteiger partial charge in [0.05, 0.1) is 0 Å². The Hall–Kier alpha value is -0.830. The lowest BCUT2D eigenvalue weighted by molar-refractivity contribution is 0.195. The van der Waals surface area contributed by atoms with Gasteiger partial charge in [-0.05, 0) is 26.7 Å². The van der Waals surface area contributed by atoms with E-state index in [0.29, 0.717) is 0 Å². The van der Waals surface area contributed by atoms with Gasteiger partial charge >= 0.3 is 0 Å². The number of aryl methyl sites for hydroxylation is 2. The second kappa shape index (κ2) is 12.9. The Labute approximate surface area is 144 Å². The van der Waals surface area contributed by atoms with E-state index in [4.69, 9.17) is 4.74 Å². The van der Waals surface area contributed by atoms with Crippen molar-refractivity contribution in [2.45, 2.75) is 33.2 Å². The average molecular weight is 409 g/mol. The fourth-order valence-corrected chi connectivity index (χ4v) is 1.84. The second-order valence-corrected chi connectivity index (χ2v) is 4.56. The van der Waals surface area contributed by atoms with E-state index in [1.807, 2.05) is 19.3 Å². The summed E-state index contributed by atoms with van der Waals surface area (Å²) < 4.78 is 7.17. The van der Waals surface area contributed by atoms with Crippen LogP contribution < -0.4 is 10.6 Å². The monoisotopic (exact) mass is 409 g/mol. The van der Waals surface area contributed by atoms with Crippen molar-refractivity contribution in [2.24, 2.45) is 4.99 Å². The number of aromatic nitrogens is 2. The molecule has 0 fully saturated rings. The Morgan fingerprint density at radius 3 is 2.81 bits per heavy atom. The fourth-order valence-electron chi connectivity index (χ4n) is 1.84. The number of rotatable bonds is 9. The van der Waals surface area contributed by atoms with Crippen molar-refractivity contribution in [2.75, 3.05) is 33.4 Å². The van der Waals surface area contributed by atoms with E-state index in [0.717, 1.165) is 57.4 Å². The first-order valence-electron chi connectivity index (χ1n) is 7.26. The quantitative estimate of drug-likeness (QED) is 0.283. The highest BCUT2D eigenvalue weighted by Gasteiger charge is 1.98. The van der Waals surface area contributed by atoms with E-state index in [1.165, 1.54) is 0 Å². The molecule has 1 aromatic rings. The maximum Gasteiger partial charge on any atom is 0.191 e. The number of aliphatic imine (C=N–C) groups is 1. The van der Waals surface area contributed by atoms with Crippen LogP contribution in [-0.4, -0.2) is 48.9 Å². The summed E-state index contributed by atoms with van der Waals surface area (Å²) in [5.41, 5.74) is 0. The number of guanidine groups is 1. The van der Waals surface area contributed by atoms with Gasteiger partial charge in [-0.25, -0.2) is 4.98 Å². The first kappa shape index (κ1) is 20.2. The molecule has 122 valence electrons. The van der Waals surface area contributed by atoms with Gasteiger partial charge in [-0.3, -0.25) is 4.99 Å². The molecular weight excluding hydrogens is 381 g/mol. The average Bonchev–Trinajstić information content (AvgIpc) is 2.85. The van der Waals surface area contributed by atoms with Crippen molar-refractivity contribution < 1.29 is 4.74 Å². The summed E-state index contributed by atoms with van der Waals surface area (Å²) in [6.07, 6.45) is 5.83. The molecule has 21 heavy (non-hydrogen) atoms. The molecule has 0 amide bonds. The molecule has 0 aliphatic carbocycles. The molecule has 0 aliphatic rings. The number of hydrogen-bond donors (Lipinski definition) is 2. The Kier molecular flexibility index (Phi) is 12.4. The number of imidazole rings is 1. The van der Waals surface area contributed by atoms with E-state index in [-0.39, 0.29) is 24.0 Å². The van der Waals surface area contributed by atoms with Crippen molar-refractivity contribution in [3.63, 3.8) is 0 Å². The minimum Gasteiger partial charge on any atom is -0.385 e. The van der Waals surface area contributed by atoms with Crippen LogP contribution in [0.25, 0.3) is 0 Å². The molecule has 0 bridgehead atoms. The Morgan fingerprint density at radius 1 is 1.38 bits per heavy atom. The van der Waals surface area contributed by atoms with Crippen LogP contribution in [0.1, 0.15) is 25.6 Å². The molecule has 0 radical (unpaired) electrons. The summed E-state index contributed by atoms with van der Waals surface area (Å²) >= 11 is 0. The molecule has 0 saturated carbocycles. The van der Waals surface area contributed by atoms with Crippen molar-refractivity contribution >= 4 is 29.9 Å². The minimum absolute atomic E-state index is 0. The van der Waals surface area contributed by atoms with E-state index in [2.05, 4.69) is 32.1 Å². The number of nitrogens with one attached hydrogen (secondary N) is 2. The lowest BCUT2D eigenvalue weighted by Crippen LogP contribution is -2.38. The van der Waals surface area contributed by atoms with Gasteiger partial charge < -0.3 is 19.9 Å². The molecule has 0 unspecified atom stereocenters. The van der Waals surface area contributed by atoms with Crippen LogP contribution in [0.15, 0.2) is 17.4 Å². The first-order chi connectivity index (χ1) is 9.77. The fraction of sp³-hybridized carbons (Fsp3) is 0.714. The van der Waals surface area contributed by atoms with E-state index in [9.17, 15) is 0 Å². The third kappa shape index (κ3) is 8.92. The van der Waals surface area contributed by atoms with Crippen LogP contribution in [0.4, 0.5) is 0 Å². The molecule has 1 aromatic heterocycles. The Bertz CT molecular complexity index is 394. The molecule has 0 saturated heterocycles. The van der Waals surface area contributed by atoms with Crippen LogP contribution in [0.5, 0.6) is 0 Å². The highest BCUT2D eigenvalue weighted by molar-refractivity contribution is 14.0. The lowest BCUT2D eigenvalue weighted by atomic mass is 10.4. The summed E-state index contributed by atoms with van der Waals surface area (Å²) in [7, 11) is 1.72. The molecule has 6 nitrogen and oxygen atoms in total. The van der Waals surface area contributed by atoms with Gasteiger partial charge in [-0.2, -0.15) is 0 Å². The van der Waals surface area contributed by atoms with Crippen LogP contribution in [-0.2, 0) is 11.3 Å². The third-order valence-electron chi connectivity index (χ3n) is 2.91. The minimum atomic E-state index is 0. The van der Waals surface area contributed by atoms with Gasteiger partial charge in [0, 0.05) is 52.3 Å². The van der Waals surface area contributed by atoms with Crippen molar-refractivity contribution in [1.82, 2.24) is 20.2 Å². The number of hydrogen-bond acceptors (Lipinski definition) is 3. The van der Waals surface area contributed by atoms with Crippen LogP contribution in [0.3, 0.4) is 0 Å². The molecule has 1 heterocycles. The lowest BCUT2D eigenvalue weighted by Gasteiger charge is -2.11. The van der Waals surface area contributed by atoms with Gasteiger partial charge in [-0.15, -0.1) is 24.0 Å². The van der Waals surface area contributed by atoms with Gasteiger partial charge in [0.15, 0.2) is 5.96 Å². The zero-order valence-electron chi connectivity index (χ0n) is 13.3. The highest BCUT2D eigenvalue weighted by atomic mass is 127. The number of halogens is 1. The molecule has 1 rings (SSSR count). The molecule has 7 heteroatoms. The van der Waals surface area contributed by atoms with Crippen LogP contribution in [0, 0.1) is 6.92 Å². The van der Waals surface area contributed by atoms with E-state index >= 15 is 0 Å². The number of nitrogens with zero attached hydrogens (tertiary/aromatic N) is 3. The Morgan fingerprint density at radius 2 is 2.19 bits per heavy atom.